The van der Waals surface area contributed by atoms with Crippen LogP contribution in [-0.4, -0.2) is 27.7 Å². The molecule has 0 saturated heterocycles. The molecule has 1 aromatic heterocycles. The van der Waals surface area contributed by atoms with E-state index in [1.54, 1.807) is 0 Å². The molecule has 2 heterocycles. The third kappa shape index (κ3) is 3.86. The first-order valence-electron chi connectivity index (χ1n) is 9.36. The normalized spacial score (nSPS) is 15.8. The van der Waals surface area contributed by atoms with Crippen LogP contribution >= 0.6 is 23.8 Å². The second-order valence-electron chi connectivity index (χ2n) is 6.66. The summed E-state index contributed by atoms with van der Waals surface area (Å²) >= 11 is 11.8. The van der Waals surface area contributed by atoms with Gasteiger partial charge in [-0.3, -0.25) is 0 Å². The van der Waals surface area contributed by atoms with E-state index in [0.29, 0.717) is 16.7 Å². The second kappa shape index (κ2) is 8.25. The number of rotatable bonds is 4. The first kappa shape index (κ1) is 18.8. The fourth-order valence-corrected chi connectivity index (χ4v) is 4.03. The van der Waals surface area contributed by atoms with Crippen molar-refractivity contribution in [2.45, 2.75) is 19.5 Å². The number of hydrogen-bond donors (Lipinski definition) is 1. The predicted octanol–water partition coefficient (Wildman–Crippen LogP) is 5.34. The van der Waals surface area contributed by atoms with Gasteiger partial charge in [0.15, 0.2) is 5.11 Å². The Hall–Kier alpha value is -2.50. The Morgan fingerprint density at radius 2 is 1.86 bits per heavy atom. The quantitative estimate of drug-likeness (QED) is 0.586. The summed E-state index contributed by atoms with van der Waals surface area (Å²) in [6, 6.07) is 20.2. The van der Waals surface area contributed by atoms with Crippen LogP contribution in [0.2, 0.25) is 5.02 Å². The molecule has 1 atom stereocenters. The topological polar surface area (TPSA) is 29.4 Å². The van der Waals surface area contributed by atoms with Crippen molar-refractivity contribution in [1.29, 1.82) is 0 Å². The Kier molecular flexibility index (Phi) is 5.55. The molecule has 0 fully saturated rings. The molecule has 28 heavy (non-hydrogen) atoms. The van der Waals surface area contributed by atoms with Crippen molar-refractivity contribution in [2.75, 3.05) is 18.5 Å². The summed E-state index contributed by atoms with van der Waals surface area (Å²) in [4.78, 5) is 2.24. The van der Waals surface area contributed by atoms with Crippen molar-refractivity contribution < 1.29 is 4.74 Å². The molecule has 0 aliphatic carbocycles. The van der Waals surface area contributed by atoms with E-state index in [2.05, 4.69) is 45.2 Å². The molecule has 6 heteroatoms. The molecule has 0 radical (unpaired) electrons. The molecule has 0 saturated carbocycles. The molecule has 1 aliphatic heterocycles. The molecule has 1 N–H and O–H groups in total. The van der Waals surface area contributed by atoms with Gasteiger partial charge in [-0.25, -0.2) is 0 Å². The van der Waals surface area contributed by atoms with Gasteiger partial charge in [-0.2, -0.15) is 0 Å². The Morgan fingerprint density at radius 3 is 2.57 bits per heavy atom. The summed E-state index contributed by atoms with van der Waals surface area (Å²) in [5, 5.41) is 4.77. The minimum Gasteiger partial charge on any atom is -0.494 e. The fourth-order valence-electron chi connectivity index (χ4n) is 3.59. The summed E-state index contributed by atoms with van der Waals surface area (Å²) in [6.45, 7) is 4.38. The Morgan fingerprint density at radius 1 is 1.11 bits per heavy atom. The highest BCUT2D eigenvalue weighted by atomic mass is 35.5. The first-order chi connectivity index (χ1) is 13.7. The van der Waals surface area contributed by atoms with E-state index in [-0.39, 0.29) is 6.04 Å². The van der Waals surface area contributed by atoms with Crippen molar-refractivity contribution in [3.63, 3.8) is 0 Å². The minimum absolute atomic E-state index is 0.0479. The zero-order valence-electron chi connectivity index (χ0n) is 15.6. The summed E-state index contributed by atoms with van der Waals surface area (Å²) < 4.78 is 7.89. The van der Waals surface area contributed by atoms with E-state index < -0.39 is 0 Å². The SMILES string of the molecule is CCOc1ccc([C@H]2c3cccn3CCN2C(=S)Nc2ccc(Cl)cc2)cc1. The number of halogens is 1. The zero-order chi connectivity index (χ0) is 19.5. The maximum atomic E-state index is 5.99. The third-order valence-electron chi connectivity index (χ3n) is 4.90. The van der Waals surface area contributed by atoms with E-state index in [0.717, 1.165) is 24.5 Å². The van der Waals surface area contributed by atoms with Crippen molar-refractivity contribution in [3.05, 3.63) is 83.1 Å². The lowest BCUT2D eigenvalue weighted by atomic mass is 10.00. The smallest absolute Gasteiger partial charge is 0.174 e. The van der Waals surface area contributed by atoms with Gasteiger partial charge in [-0.1, -0.05) is 23.7 Å². The molecule has 0 amide bonds. The van der Waals surface area contributed by atoms with Gasteiger partial charge in [0.1, 0.15) is 5.75 Å². The predicted molar refractivity (Wildman–Crippen MR) is 118 cm³/mol. The van der Waals surface area contributed by atoms with Gasteiger partial charge in [0.25, 0.3) is 0 Å². The van der Waals surface area contributed by atoms with E-state index in [9.17, 15) is 0 Å². The number of benzene rings is 2. The van der Waals surface area contributed by atoms with E-state index in [4.69, 9.17) is 28.6 Å². The highest BCUT2D eigenvalue weighted by molar-refractivity contribution is 7.80. The number of nitrogens with one attached hydrogen (secondary N) is 1. The maximum absolute atomic E-state index is 5.99. The monoisotopic (exact) mass is 411 g/mol. The lowest BCUT2D eigenvalue weighted by molar-refractivity contribution is 0.293. The molecular formula is C22H22ClN3OS. The lowest BCUT2D eigenvalue weighted by Crippen LogP contribution is -2.44. The largest absolute Gasteiger partial charge is 0.494 e. The fraction of sp³-hybridized carbons (Fsp3) is 0.227. The van der Waals surface area contributed by atoms with Crippen LogP contribution in [0.15, 0.2) is 66.9 Å². The first-order valence-corrected chi connectivity index (χ1v) is 10.2. The van der Waals surface area contributed by atoms with E-state index in [1.165, 1.54) is 11.3 Å². The van der Waals surface area contributed by atoms with Crippen LogP contribution in [0.1, 0.15) is 24.2 Å². The Balaban J connectivity index is 1.63. The number of ether oxygens (including phenoxy) is 1. The van der Waals surface area contributed by atoms with Crippen molar-refractivity contribution in [3.8, 4) is 5.75 Å². The third-order valence-corrected chi connectivity index (χ3v) is 5.49. The Labute approximate surface area is 175 Å². The van der Waals surface area contributed by atoms with Gasteiger partial charge in [-0.15, -0.1) is 0 Å². The van der Waals surface area contributed by atoms with Gasteiger partial charge in [0.2, 0.25) is 0 Å². The summed E-state index contributed by atoms with van der Waals surface area (Å²) in [6.07, 6.45) is 2.13. The van der Waals surface area contributed by atoms with E-state index in [1.807, 2.05) is 43.3 Å². The van der Waals surface area contributed by atoms with Crippen LogP contribution in [0.4, 0.5) is 5.69 Å². The standard InChI is InChI=1S/C22H22ClN3OS/c1-2-27-19-11-5-16(6-12-19)21-20-4-3-13-25(20)14-15-26(21)22(28)24-18-9-7-17(23)8-10-18/h3-13,21H,2,14-15H2,1H3,(H,24,28)/t21-/m0/s1. The summed E-state index contributed by atoms with van der Waals surface area (Å²) in [5.74, 6) is 0.880. The van der Waals surface area contributed by atoms with Gasteiger partial charge in [0.05, 0.1) is 12.6 Å². The molecule has 0 unspecified atom stereocenters. The number of fused-ring (bicyclic) bond motifs is 1. The lowest BCUT2D eigenvalue weighted by Gasteiger charge is -2.39. The number of anilines is 1. The van der Waals surface area contributed by atoms with Gasteiger partial charge >= 0.3 is 0 Å². The molecule has 0 bridgehead atoms. The number of hydrogen-bond acceptors (Lipinski definition) is 2. The van der Waals surface area contributed by atoms with Crippen LogP contribution in [0, 0.1) is 0 Å². The number of nitrogens with zero attached hydrogens (tertiary/aromatic N) is 2. The van der Waals surface area contributed by atoms with Gasteiger partial charge in [0, 0.05) is 35.7 Å². The average molecular weight is 412 g/mol. The summed E-state index contributed by atoms with van der Waals surface area (Å²) in [5.41, 5.74) is 3.35. The molecule has 1 aliphatic rings. The van der Waals surface area contributed by atoms with Gasteiger partial charge < -0.3 is 19.5 Å². The zero-order valence-corrected chi connectivity index (χ0v) is 17.2. The molecule has 144 valence electrons. The molecule has 4 rings (SSSR count). The van der Waals surface area contributed by atoms with Crippen LogP contribution in [0.3, 0.4) is 0 Å². The van der Waals surface area contributed by atoms with Crippen LogP contribution < -0.4 is 10.1 Å². The Bertz CT molecular complexity index is 953. The highest BCUT2D eigenvalue weighted by Gasteiger charge is 2.30. The minimum atomic E-state index is 0.0479. The molecule has 3 aromatic rings. The molecular weight excluding hydrogens is 390 g/mol. The number of thiocarbonyl (C=S) groups is 1. The molecule has 2 aromatic carbocycles. The average Bonchev–Trinajstić information content (AvgIpc) is 3.19. The van der Waals surface area contributed by atoms with Crippen LogP contribution in [0.25, 0.3) is 0 Å². The second-order valence-corrected chi connectivity index (χ2v) is 7.48. The van der Waals surface area contributed by atoms with E-state index >= 15 is 0 Å². The molecule has 0 spiro atoms. The van der Waals surface area contributed by atoms with Crippen LogP contribution in [-0.2, 0) is 6.54 Å². The summed E-state index contributed by atoms with van der Waals surface area (Å²) in [7, 11) is 0. The highest BCUT2D eigenvalue weighted by Crippen LogP contribution is 2.34. The maximum Gasteiger partial charge on any atom is 0.174 e. The van der Waals surface area contributed by atoms with Crippen molar-refractivity contribution >= 4 is 34.6 Å². The van der Waals surface area contributed by atoms with Crippen molar-refractivity contribution in [1.82, 2.24) is 9.47 Å². The molecule has 4 nitrogen and oxygen atoms in total. The van der Waals surface area contributed by atoms with Crippen molar-refractivity contribution in [2.24, 2.45) is 0 Å². The number of aromatic nitrogens is 1. The van der Waals surface area contributed by atoms with Crippen LogP contribution in [0.5, 0.6) is 5.75 Å². The van der Waals surface area contributed by atoms with Gasteiger partial charge in [-0.05, 0) is 73.2 Å².